The first-order valence-electron chi connectivity index (χ1n) is 9.68. The highest BCUT2D eigenvalue weighted by molar-refractivity contribution is 7.10. The fraction of sp³-hybridized carbons (Fsp3) is 0.381. The van der Waals surface area contributed by atoms with Gasteiger partial charge in [-0.25, -0.2) is 4.79 Å². The van der Waals surface area contributed by atoms with Crippen molar-refractivity contribution in [3.63, 3.8) is 0 Å². The number of hydrogen-bond donors (Lipinski definition) is 1. The molecular formula is C21H23N3O4S. The topological polar surface area (TPSA) is 79.0 Å². The van der Waals surface area contributed by atoms with Gasteiger partial charge in [0.15, 0.2) is 0 Å². The van der Waals surface area contributed by atoms with E-state index in [1.165, 1.54) is 15.3 Å². The molecule has 3 amide bonds. The number of carbonyl (C=O) groups is 3. The van der Waals surface area contributed by atoms with Gasteiger partial charge in [-0.05, 0) is 48.1 Å². The molecule has 0 unspecified atom stereocenters. The lowest BCUT2D eigenvalue weighted by atomic mass is 10.0. The van der Waals surface area contributed by atoms with E-state index in [1.807, 2.05) is 11.8 Å². The normalized spacial score (nSPS) is 15.8. The van der Waals surface area contributed by atoms with Crippen molar-refractivity contribution < 1.29 is 19.1 Å². The monoisotopic (exact) mass is 413 g/mol. The summed E-state index contributed by atoms with van der Waals surface area (Å²) in [5.74, 6) is -0.214. The Balaban J connectivity index is 1.41. The van der Waals surface area contributed by atoms with Crippen LogP contribution in [-0.4, -0.2) is 53.9 Å². The molecule has 152 valence electrons. The summed E-state index contributed by atoms with van der Waals surface area (Å²) in [6.45, 7) is 4.37. The van der Waals surface area contributed by atoms with Gasteiger partial charge in [0, 0.05) is 42.2 Å². The maximum Gasteiger partial charge on any atom is 0.409 e. The number of nitrogens with one attached hydrogen (secondary N) is 1. The SMILES string of the molecule is Cc1c(NC(=O)CCN2CCOC2=O)cccc1C(=O)N1CCc2sccc2C1. The van der Waals surface area contributed by atoms with E-state index in [0.717, 1.165) is 12.0 Å². The highest BCUT2D eigenvalue weighted by atomic mass is 32.1. The van der Waals surface area contributed by atoms with Crippen LogP contribution in [-0.2, 0) is 22.5 Å². The number of nitrogens with zero attached hydrogens (tertiary/aromatic N) is 2. The molecule has 1 N–H and O–H groups in total. The smallest absolute Gasteiger partial charge is 0.409 e. The number of ether oxygens (including phenoxy) is 1. The van der Waals surface area contributed by atoms with E-state index in [9.17, 15) is 14.4 Å². The molecule has 2 aromatic rings. The second-order valence-electron chi connectivity index (χ2n) is 7.22. The third kappa shape index (κ3) is 4.12. The van der Waals surface area contributed by atoms with Gasteiger partial charge in [0.1, 0.15) is 6.61 Å². The van der Waals surface area contributed by atoms with Crippen LogP contribution in [0.4, 0.5) is 10.5 Å². The average molecular weight is 413 g/mol. The van der Waals surface area contributed by atoms with Crippen molar-refractivity contribution in [2.24, 2.45) is 0 Å². The van der Waals surface area contributed by atoms with Crippen molar-refractivity contribution in [1.82, 2.24) is 9.80 Å². The minimum absolute atomic E-state index is 0.0183. The van der Waals surface area contributed by atoms with E-state index in [2.05, 4.69) is 16.8 Å². The van der Waals surface area contributed by atoms with Crippen LogP contribution in [0.15, 0.2) is 29.6 Å². The Morgan fingerprint density at radius 3 is 2.90 bits per heavy atom. The summed E-state index contributed by atoms with van der Waals surface area (Å²) < 4.78 is 4.87. The van der Waals surface area contributed by atoms with Crippen molar-refractivity contribution in [1.29, 1.82) is 0 Å². The molecule has 0 bridgehead atoms. The van der Waals surface area contributed by atoms with Crippen LogP contribution in [0.5, 0.6) is 0 Å². The molecule has 0 saturated carbocycles. The molecule has 1 saturated heterocycles. The van der Waals surface area contributed by atoms with Gasteiger partial charge in [0.2, 0.25) is 5.91 Å². The lowest BCUT2D eigenvalue weighted by molar-refractivity contribution is -0.116. The lowest BCUT2D eigenvalue weighted by Gasteiger charge is -2.28. The summed E-state index contributed by atoms with van der Waals surface area (Å²) in [5.41, 5.74) is 3.20. The Labute approximate surface area is 173 Å². The van der Waals surface area contributed by atoms with Gasteiger partial charge in [-0.1, -0.05) is 6.07 Å². The Kier molecular flexibility index (Phi) is 5.53. The molecule has 3 heterocycles. The Morgan fingerprint density at radius 2 is 2.10 bits per heavy atom. The van der Waals surface area contributed by atoms with Crippen LogP contribution < -0.4 is 5.32 Å². The van der Waals surface area contributed by atoms with Gasteiger partial charge in [-0.3, -0.25) is 9.59 Å². The maximum absolute atomic E-state index is 13.1. The first-order chi connectivity index (χ1) is 14.0. The first kappa shape index (κ1) is 19.4. The molecule has 0 spiro atoms. The largest absolute Gasteiger partial charge is 0.448 e. The number of carbonyl (C=O) groups excluding carboxylic acids is 3. The summed E-state index contributed by atoms with van der Waals surface area (Å²) in [5, 5.41) is 4.94. The highest BCUT2D eigenvalue weighted by Crippen LogP contribution is 2.27. The number of benzene rings is 1. The van der Waals surface area contributed by atoms with Gasteiger partial charge in [0.05, 0.1) is 6.54 Å². The third-order valence-electron chi connectivity index (χ3n) is 5.39. The summed E-state index contributed by atoms with van der Waals surface area (Å²) in [6, 6.07) is 7.46. The molecule has 0 radical (unpaired) electrons. The molecule has 1 aromatic carbocycles. The van der Waals surface area contributed by atoms with Crippen molar-refractivity contribution in [3.05, 3.63) is 51.2 Å². The molecule has 1 aromatic heterocycles. The van der Waals surface area contributed by atoms with E-state index in [-0.39, 0.29) is 24.3 Å². The van der Waals surface area contributed by atoms with E-state index in [4.69, 9.17) is 4.74 Å². The Hall–Kier alpha value is -2.87. The molecule has 0 aliphatic carbocycles. The van der Waals surface area contributed by atoms with Gasteiger partial charge >= 0.3 is 6.09 Å². The van der Waals surface area contributed by atoms with Crippen LogP contribution in [0.25, 0.3) is 0 Å². The second kappa shape index (κ2) is 8.24. The molecule has 29 heavy (non-hydrogen) atoms. The highest BCUT2D eigenvalue weighted by Gasteiger charge is 2.25. The predicted molar refractivity (Wildman–Crippen MR) is 110 cm³/mol. The zero-order chi connectivity index (χ0) is 20.4. The third-order valence-corrected chi connectivity index (χ3v) is 6.41. The predicted octanol–water partition coefficient (Wildman–Crippen LogP) is 3.04. The van der Waals surface area contributed by atoms with E-state index >= 15 is 0 Å². The van der Waals surface area contributed by atoms with Crippen LogP contribution in [0.3, 0.4) is 0 Å². The van der Waals surface area contributed by atoms with Crippen LogP contribution in [0, 0.1) is 6.92 Å². The lowest BCUT2D eigenvalue weighted by Crippen LogP contribution is -2.35. The number of cyclic esters (lactones) is 1. The minimum Gasteiger partial charge on any atom is -0.448 e. The van der Waals surface area contributed by atoms with Crippen molar-refractivity contribution in [3.8, 4) is 0 Å². The Bertz CT molecular complexity index is 955. The van der Waals surface area contributed by atoms with Gasteiger partial charge in [-0.15, -0.1) is 11.3 Å². The van der Waals surface area contributed by atoms with Crippen molar-refractivity contribution in [2.75, 3.05) is 31.6 Å². The van der Waals surface area contributed by atoms with Crippen LogP contribution in [0.1, 0.15) is 32.8 Å². The zero-order valence-corrected chi connectivity index (χ0v) is 17.1. The fourth-order valence-electron chi connectivity index (χ4n) is 3.67. The van der Waals surface area contributed by atoms with E-state index in [1.54, 1.807) is 29.5 Å². The minimum atomic E-state index is -0.378. The summed E-state index contributed by atoms with van der Waals surface area (Å²) >= 11 is 1.74. The molecule has 7 nitrogen and oxygen atoms in total. The average Bonchev–Trinajstić information content (AvgIpc) is 3.35. The molecule has 0 atom stereocenters. The number of fused-ring (bicyclic) bond motifs is 1. The van der Waals surface area contributed by atoms with Crippen LogP contribution in [0.2, 0.25) is 0 Å². The number of rotatable bonds is 5. The molecule has 8 heteroatoms. The summed E-state index contributed by atoms with van der Waals surface area (Å²) in [4.78, 5) is 41.6. The van der Waals surface area contributed by atoms with Gasteiger partial charge < -0.3 is 19.9 Å². The summed E-state index contributed by atoms with van der Waals surface area (Å²) in [7, 11) is 0. The Morgan fingerprint density at radius 1 is 1.24 bits per heavy atom. The number of hydrogen-bond acceptors (Lipinski definition) is 5. The van der Waals surface area contributed by atoms with Crippen molar-refractivity contribution in [2.45, 2.75) is 26.3 Å². The van der Waals surface area contributed by atoms with Crippen molar-refractivity contribution >= 4 is 34.9 Å². The standard InChI is InChI=1S/C21H23N3O4S/c1-14-16(20(26)24-8-5-18-15(13-24)7-12-29-18)3-2-4-17(14)22-19(25)6-9-23-10-11-28-21(23)27/h2-4,7,12H,5-6,8-11,13H2,1H3,(H,22,25). The van der Waals surface area contributed by atoms with Gasteiger partial charge in [0.25, 0.3) is 5.91 Å². The quantitative estimate of drug-likeness (QED) is 0.817. The second-order valence-corrected chi connectivity index (χ2v) is 8.22. The number of thiophene rings is 1. The molecule has 2 aliphatic rings. The van der Waals surface area contributed by atoms with E-state index in [0.29, 0.717) is 44.0 Å². The number of amides is 3. The zero-order valence-electron chi connectivity index (χ0n) is 16.3. The van der Waals surface area contributed by atoms with Gasteiger partial charge in [-0.2, -0.15) is 0 Å². The van der Waals surface area contributed by atoms with Crippen LogP contribution >= 0.6 is 11.3 Å². The molecule has 2 aliphatic heterocycles. The first-order valence-corrected chi connectivity index (χ1v) is 10.6. The molecule has 4 rings (SSSR count). The van der Waals surface area contributed by atoms with E-state index < -0.39 is 0 Å². The summed E-state index contributed by atoms with van der Waals surface area (Å²) in [6.07, 6.45) is 0.685. The molecular weight excluding hydrogens is 390 g/mol. The number of anilines is 1. The molecule has 1 fully saturated rings. The fourth-order valence-corrected chi connectivity index (χ4v) is 4.56. The maximum atomic E-state index is 13.1.